The second-order valence-electron chi connectivity index (χ2n) is 4.84. The van der Waals surface area contributed by atoms with E-state index in [9.17, 15) is 52.7 Å². The molecule has 24 heavy (non-hydrogen) atoms. The minimum Gasteiger partial charge on any atom is -0.371 e. The third kappa shape index (κ3) is 4.00. The maximum atomic E-state index is 13.1. The van der Waals surface area contributed by atoms with Gasteiger partial charge in [-0.1, -0.05) is 0 Å². The minimum absolute atomic E-state index is 0.244. The quantitative estimate of drug-likeness (QED) is 0.460. The van der Waals surface area contributed by atoms with Crippen LogP contribution in [0.25, 0.3) is 0 Å². The van der Waals surface area contributed by atoms with Gasteiger partial charge in [0.25, 0.3) is 0 Å². The van der Waals surface area contributed by atoms with E-state index in [4.69, 9.17) is 0 Å². The zero-order valence-corrected chi connectivity index (χ0v) is 11.1. The van der Waals surface area contributed by atoms with Crippen LogP contribution in [0.3, 0.4) is 0 Å². The van der Waals surface area contributed by atoms with Gasteiger partial charge in [-0.25, -0.2) is 4.39 Å². The molecule has 1 aliphatic rings. The number of halogens is 12. The topological polar surface area (TPSA) is 21.8 Å². The van der Waals surface area contributed by atoms with E-state index < -0.39 is 55.4 Å². The molecule has 144 valence electrons. The van der Waals surface area contributed by atoms with Crippen molar-refractivity contribution in [1.29, 1.82) is 0 Å². The highest BCUT2D eigenvalue weighted by atomic mass is 19.4. The summed E-state index contributed by atoms with van der Waals surface area (Å²) < 4.78 is 160. The van der Waals surface area contributed by atoms with Gasteiger partial charge < -0.3 is 9.47 Å². The van der Waals surface area contributed by atoms with Crippen molar-refractivity contribution in [2.24, 2.45) is 0 Å². The van der Waals surface area contributed by atoms with Crippen molar-refractivity contribution >= 4 is 0 Å². The smallest absolute Gasteiger partial charge is 0.371 e. The number of alkyl halides is 12. The number of hydrogen-bond donors (Lipinski definition) is 0. The Morgan fingerprint density at radius 2 is 1.33 bits per heavy atom. The second-order valence-corrected chi connectivity index (χ2v) is 4.84. The molecule has 0 aliphatic carbocycles. The molecule has 1 aliphatic heterocycles. The Bertz CT molecular complexity index is 442. The standard InChI is InChI=1S/C10H8F12O2/c11-5(1-6(12,13)14)7(15,16)8(17,18)9(19,20)10(21,22)24-3-4-2-23-4/h4-5H,1-3H2. The monoisotopic (exact) mass is 388 g/mol. The van der Waals surface area contributed by atoms with Crippen LogP contribution < -0.4 is 0 Å². The first-order valence-corrected chi connectivity index (χ1v) is 5.93. The lowest BCUT2D eigenvalue weighted by atomic mass is 9.97. The number of hydrogen-bond acceptors (Lipinski definition) is 2. The van der Waals surface area contributed by atoms with Gasteiger partial charge in [0.2, 0.25) is 0 Å². The molecule has 1 heterocycles. The van der Waals surface area contributed by atoms with Crippen LogP contribution in [0.15, 0.2) is 0 Å². The highest BCUT2D eigenvalue weighted by molar-refractivity contribution is 5.04. The average molecular weight is 388 g/mol. The second kappa shape index (κ2) is 6.11. The lowest BCUT2D eigenvalue weighted by molar-refractivity contribution is -0.433. The minimum atomic E-state index is -7.18. The van der Waals surface area contributed by atoms with Crippen LogP contribution in [0.5, 0.6) is 0 Å². The van der Waals surface area contributed by atoms with E-state index in [1.807, 2.05) is 0 Å². The fourth-order valence-electron chi connectivity index (χ4n) is 1.37. The van der Waals surface area contributed by atoms with E-state index >= 15 is 0 Å². The van der Waals surface area contributed by atoms with Crippen molar-refractivity contribution < 1.29 is 62.2 Å². The zero-order valence-electron chi connectivity index (χ0n) is 11.1. The molecule has 1 saturated heterocycles. The van der Waals surface area contributed by atoms with Crippen molar-refractivity contribution in [2.45, 2.75) is 48.7 Å². The first-order chi connectivity index (χ1) is 10.5. The summed E-state index contributed by atoms with van der Waals surface area (Å²) >= 11 is 0. The predicted molar refractivity (Wildman–Crippen MR) is 51.0 cm³/mol. The van der Waals surface area contributed by atoms with Gasteiger partial charge >= 0.3 is 30.1 Å². The fourth-order valence-corrected chi connectivity index (χ4v) is 1.37. The lowest BCUT2D eigenvalue weighted by Gasteiger charge is -2.37. The van der Waals surface area contributed by atoms with Crippen LogP contribution in [0.1, 0.15) is 6.42 Å². The Morgan fingerprint density at radius 1 is 0.875 bits per heavy atom. The van der Waals surface area contributed by atoms with E-state index in [0.717, 1.165) is 0 Å². The largest absolute Gasteiger partial charge is 0.426 e. The maximum absolute atomic E-state index is 13.1. The molecule has 2 unspecified atom stereocenters. The zero-order chi connectivity index (χ0) is 19.2. The molecule has 2 atom stereocenters. The predicted octanol–water partition coefficient (Wildman–Crippen LogP) is 4.19. The summed E-state index contributed by atoms with van der Waals surface area (Å²) in [7, 11) is 0. The number of epoxide rings is 1. The van der Waals surface area contributed by atoms with Gasteiger partial charge in [0, 0.05) is 0 Å². The molecule has 1 rings (SSSR count). The maximum Gasteiger partial charge on any atom is 0.426 e. The average Bonchev–Trinajstić information content (AvgIpc) is 3.17. The molecule has 0 saturated carbocycles. The molecule has 0 spiro atoms. The van der Waals surface area contributed by atoms with Gasteiger partial charge in [0.1, 0.15) is 6.10 Å². The molecule has 14 heteroatoms. The van der Waals surface area contributed by atoms with Crippen molar-refractivity contribution in [3.8, 4) is 0 Å². The van der Waals surface area contributed by atoms with Crippen LogP contribution >= 0.6 is 0 Å². The third-order valence-corrected chi connectivity index (χ3v) is 2.84. The van der Waals surface area contributed by atoms with E-state index in [0.29, 0.717) is 0 Å². The van der Waals surface area contributed by atoms with Gasteiger partial charge in [-0.3, -0.25) is 0 Å². The Labute approximate surface area is 125 Å². The van der Waals surface area contributed by atoms with E-state index in [2.05, 4.69) is 9.47 Å². The molecule has 0 amide bonds. The SMILES string of the molecule is FC(CC(F)(F)F)C(F)(F)C(F)(F)C(F)(F)C(F)(F)OCC1CO1. The van der Waals surface area contributed by atoms with Gasteiger partial charge in [-0.05, 0) is 0 Å². The molecule has 0 aromatic heterocycles. The highest BCUT2D eigenvalue weighted by Crippen LogP contribution is 2.55. The Hall–Kier alpha value is -0.920. The summed E-state index contributed by atoms with van der Waals surface area (Å²) in [5, 5.41) is 0. The van der Waals surface area contributed by atoms with Crippen LogP contribution in [0.4, 0.5) is 52.7 Å². The molecule has 0 radical (unpaired) electrons. The molecule has 2 nitrogen and oxygen atoms in total. The van der Waals surface area contributed by atoms with E-state index in [1.54, 1.807) is 0 Å². The van der Waals surface area contributed by atoms with Crippen molar-refractivity contribution in [3.05, 3.63) is 0 Å². The molecule has 0 aromatic carbocycles. The number of ether oxygens (including phenoxy) is 2. The molecule has 0 aromatic rings. The van der Waals surface area contributed by atoms with E-state index in [1.165, 1.54) is 0 Å². The molecule has 1 fully saturated rings. The first kappa shape index (κ1) is 21.1. The summed E-state index contributed by atoms with van der Waals surface area (Å²) in [6.07, 6.45) is -21.3. The van der Waals surface area contributed by atoms with Crippen molar-refractivity contribution in [1.82, 2.24) is 0 Å². The van der Waals surface area contributed by atoms with Crippen LogP contribution in [-0.4, -0.2) is 55.5 Å². The third-order valence-electron chi connectivity index (χ3n) is 2.84. The summed E-state index contributed by atoms with van der Waals surface area (Å²) in [4.78, 5) is 0. The molecular weight excluding hydrogens is 380 g/mol. The summed E-state index contributed by atoms with van der Waals surface area (Å²) in [6.45, 7) is -1.61. The summed E-state index contributed by atoms with van der Waals surface area (Å²) in [6, 6.07) is 0. The molecular formula is C10H8F12O2. The summed E-state index contributed by atoms with van der Waals surface area (Å²) in [5.74, 6) is -20.9. The Kier molecular flexibility index (Phi) is 5.38. The van der Waals surface area contributed by atoms with Crippen molar-refractivity contribution in [3.63, 3.8) is 0 Å². The Morgan fingerprint density at radius 3 is 1.71 bits per heavy atom. The van der Waals surface area contributed by atoms with Gasteiger partial charge in [-0.15, -0.1) is 0 Å². The molecule has 0 N–H and O–H groups in total. The van der Waals surface area contributed by atoms with Crippen LogP contribution in [-0.2, 0) is 9.47 Å². The first-order valence-electron chi connectivity index (χ1n) is 5.93. The van der Waals surface area contributed by atoms with Crippen LogP contribution in [0.2, 0.25) is 0 Å². The highest BCUT2D eigenvalue weighted by Gasteiger charge is 2.83. The van der Waals surface area contributed by atoms with Gasteiger partial charge in [0.05, 0.1) is 19.6 Å². The summed E-state index contributed by atoms with van der Waals surface area (Å²) in [5.41, 5.74) is 0. The van der Waals surface area contributed by atoms with E-state index in [-0.39, 0.29) is 6.61 Å². The number of rotatable bonds is 8. The Balaban J connectivity index is 3.03. The molecule has 0 bridgehead atoms. The lowest BCUT2D eigenvalue weighted by Crippen LogP contribution is -2.65. The normalized spacial score (nSPS) is 21.8. The van der Waals surface area contributed by atoms with Crippen molar-refractivity contribution in [2.75, 3.05) is 13.2 Å². The van der Waals surface area contributed by atoms with Gasteiger partial charge in [-0.2, -0.15) is 48.3 Å². The van der Waals surface area contributed by atoms with Crippen LogP contribution in [0, 0.1) is 0 Å². The fraction of sp³-hybridized carbons (Fsp3) is 1.00. The van der Waals surface area contributed by atoms with Gasteiger partial charge in [0.15, 0.2) is 6.17 Å².